The normalized spacial score (nSPS) is 11.7. The fourth-order valence-electron chi connectivity index (χ4n) is 3.32. The van der Waals surface area contributed by atoms with E-state index in [9.17, 15) is 13.2 Å². The van der Waals surface area contributed by atoms with Crippen molar-refractivity contribution < 1.29 is 22.3 Å². The van der Waals surface area contributed by atoms with Gasteiger partial charge in [0.15, 0.2) is 17.3 Å². The van der Waals surface area contributed by atoms with E-state index in [2.05, 4.69) is 20.6 Å². The molecule has 4 aromatic rings. The van der Waals surface area contributed by atoms with Crippen molar-refractivity contribution in [2.24, 2.45) is 0 Å². The van der Waals surface area contributed by atoms with Crippen molar-refractivity contribution >= 4 is 21.6 Å². The molecule has 0 aliphatic rings. The third-order valence-electron chi connectivity index (χ3n) is 5.57. The van der Waals surface area contributed by atoms with Crippen LogP contribution in [-0.4, -0.2) is 47.5 Å². The minimum absolute atomic E-state index is 0.0979. The predicted molar refractivity (Wildman–Crippen MR) is 128 cm³/mol. The first-order valence-corrected chi connectivity index (χ1v) is 12.3. The zero-order valence-electron chi connectivity index (χ0n) is 19.8. The van der Waals surface area contributed by atoms with Crippen LogP contribution in [0.4, 0.5) is 5.69 Å². The smallest absolute Gasteiger partial charge is 0.277 e. The Morgan fingerprint density at radius 3 is 2.37 bits per heavy atom. The van der Waals surface area contributed by atoms with Crippen molar-refractivity contribution in [2.45, 2.75) is 32.1 Å². The van der Waals surface area contributed by atoms with Gasteiger partial charge in [-0.05, 0) is 55.3 Å². The van der Waals surface area contributed by atoms with Gasteiger partial charge in [0.1, 0.15) is 0 Å². The molecule has 0 fully saturated rings. The molecule has 0 saturated carbocycles. The van der Waals surface area contributed by atoms with Crippen molar-refractivity contribution in [2.75, 3.05) is 18.9 Å². The Morgan fingerprint density at radius 1 is 0.971 bits per heavy atom. The molecule has 0 spiro atoms. The SMILES string of the molecule is Cc1nc(CCN(C)S(=O)(=O)c2ccc(NC(=O)c3cc(-c4ccc(C)c(C)c4)on3)cc2)no1. The van der Waals surface area contributed by atoms with E-state index in [1.807, 2.05) is 32.0 Å². The molecule has 0 radical (unpaired) electrons. The summed E-state index contributed by atoms with van der Waals surface area (Å²) in [4.78, 5) is 16.8. The maximum atomic E-state index is 12.8. The summed E-state index contributed by atoms with van der Waals surface area (Å²) in [7, 11) is -2.24. The zero-order valence-corrected chi connectivity index (χ0v) is 20.6. The molecule has 35 heavy (non-hydrogen) atoms. The fraction of sp³-hybridized carbons (Fsp3) is 0.250. The number of nitrogens with one attached hydrogen (secondary N) is 1. The number of rotatable bonds is 8. The predicted octanol–water partition coefficient (Wildman–Crippen LogP) is 3.77. The number of likely N-dealkylation sites (N-methyl/N-ethyl adjacent to an activating group) is 1. The van der Waals surface area contributed by atoms with E-state index in [4.69, 9.17) is 9.05 Å². The molecular formula is C24H25N5O5S. The summed E-state index contributed by atoms with van der Waals surface area (Å²) in [5.74, 6) is 0.886. The Kier molecular flexibility index (Phi) is 6.81. The molecule has 10 nitrogen and oxygen atoms in total. The van der Waals surface area contributed by atoms with Gasteiger partial charge in [-0.3, -0.25) is 4.79 Å². The molecule has 182 valence electrons. The van der Waals surface area contributed by atoms with Crippen LogP contribution in [0.2, 0.25) is 0 Å². The summed E-state index contributed by atoms with van der Waals surface area (Å²) < 4.78 is 37.2. The van der Waals surface area contributed by atoms with Gasteiger partial charge in [0.05, 0.1) is 4.90 Å². The van der Waals surface area contributed by atoms with E-state index in [0.717, 1.165) is 16.7 Å². The number of amides is 1. The van der Waals surface area contributed by atoms with Crippen LogP contribution < -0.4 is 5.32 Å². The highest BCUT2D eigenvalue weighted by molar-refractivity contribution is 7.89. The quantitative estimate of drug-likeness (QED) is 0.391. The maximum absolute atomic E-state index is 12.8. The lowest BCUT2D eigenvalue weighted by atomic mass is 10.0. The maximum Gasteiger partial charge on any atom is 0.277 e. The molecule has 1 amide bonds. The minimum Gasteiger partial charge on any atom is -0.355 e. The number of anilines is 1. The van der Waals surface area contributed by atoms with Crippen LogP contribution in [0.25, 0.3) is 11.3 Å². The van der Waals surface area contributed by atoms with Gasteiger partial charge in [0, 0.05) is 44.3 Å². The second kappa shape index (κ2) is 9.80. The average molecular weight is 496 g/mol. The van der Waals surface area contributed by atoms with E-state index >= 15 is 0 Å². The Bertz CT molecular complexity index is 1460. The van der Waals surface area contributed by atoms with E-state index in [1.54, 1.807) is 13.0 Å². The van der Waals surface area contributed by atoms with E-state index in [0.29, 0.717) is 29.6 Å². The van der Waals surface area contributed by atoms with Crippen LogP contribution in [0.1, 0.15) is 33.3 Å². The molecule has 0 unspecified atom stereocenters. The Balaban J connectivity index is 1.40. The van der Waals surface area contributed by atoms with Gasteiger partial charge in [-0.1, -0.05) is 22.4 Å². The molecule has 0 atom stereocenters. The molecule has 0 aliphatic heterocycles. The van der Waals surface area contributed by atoms with Gasteiger partial charge in [0.25, 0.3) is 5.91 Å². The first kappa shape index (κ1) is 24.3. The number of carbonyl (C=O) groups is 1. The third kappa shape index (κ3) is 5.47. The largest absolute Gasteiger partial charge is 0.355 e. The molecule has 0 saturated heterocycles. The highest BCUT2D eigenvalue weighted by atomic mass is 32.2. The number of nitrogens with zero attached hydrogens (tertiary/aromatic N) is 4. The summed E-state index contributed by atoms with van der Waals surface area (Å²) in [5, 5.41) is 10.3. The monoisotopic (exact) mass is 495 g/mol. The molecule has 4 rings (SSSR count). The van der Waals surface area contributed by atoms with Gasteiger partial charge in [-0.15, -0.1) is 0 Å². The van der Waals surface area contributed by atoms with Crippen molar-refractivity contribution in [3.05, 3.63) is 77.1 Å². The first-order valence-electron chi connectivity index (χ1n) is 10.8. The molecule has 2 aromatic carbocycles. The van der Waals surface area contributed by atoms with Crippen molar-refractivity contribution in [1.82, 2.24) is 19.6 Å². The Morgan fingerprint density at radius 2 is 1.71 bits per heavy atom. The van der Waals surface area contributed by atoms with Gasteiger partial charge >= 0.3 is 0 Å². The van der Waals surface area contributed by atoms with Crippen molar-refractivity contribution in [1.29, 1.82) is 0 Å². The number of aromatic nitrogens is 3. The van der Waals surface area contributed by atoms with Crippen LogP contribution in [0.15, 0.2) is 62.5 Å². The highest BCUT2D eigenvalue weighted by Crippen LogP contribution is 2.24. The molecule has 1 N–H and O–H groups in total. The lowest BCUT2D eigenvalue weighted by Gasteiger charge is -2.16. The van der Waals surface area contributed by atoms with Gasteiger partial charge in [0.2, 0.25) is 15.9 Å². The van der Waals surface area contributed by atoms with Crippen LogP contribution in [-0.2, 0) is 16.4 Å². The van der Waals surface area contributed by atoms with Crippen LogP contribution in [0, 0.1) is 20.8 Å². The summed E-state index contributed by atoms with van der Waals surface area (Å²) >= 11 is 0. The first-order chi connectivity index (χ1) is 16.6. The summed E-state index contributed by atoms with van der Waals surface area (Å²) in [6.45, 7) is 5.88. The summed E-state index contributed by atoms with van der Waals surface area (Å²) in [5.41, 5.74) is 3.63. The number of hydrogen-bond donors (Lipinski definition) is 1. The Hall–Kier alpha value is -3.83. The second-order valence-electron chi connectivity index (χ2n) is 8.16. The van der Waals surface area contributed by atoms with Gasteiger partial charge < -0.3 is 14.4 Å². The standard InChI is InChI=1S/C24H25N5O5S/c1-15-5-6-18(13-16(15)2)22-14-21(27-34-22)24(30)26-19-7-9-20(10-8-19)35(31,32)29(4)12-11-23-25-17(3)33-28-23/h5-10,13-14H,11-12H2,1-4H3,(H,26,30). The lowest BCUT2D eigenvalue weighted by Crippen LogP contribution is -2.29. The number of sulfonamides is 1. The molecule has 2 aromatic heterocycles. The summed E-state index contributed by atoms with van der Waals surface area (Å²) in [6, 6.07) is 13.3. The molecule has 0 bridgehead atoms. The average Bonchev–Trinajstić information content (AvgIpc) is 3.49. The van der Waals surface area contributed by atoms with Crippen molar-refractivity contribution in [3.8, 4) is 11.3 Å². The van der Waals surface area contributed by atoms with Gasteiger partial charge in [-0.25, -0.2) is 12.7 Å². The number of benzene rings is 2. The lowest BCUT2D eigenvalue weighted by molar-refractivity contribution is 0.101. The highest BCUT2D eigenvalue weighted by Gasteiger charge is 2.21. The molecular weight excluding hydrogens is 470 g/mol. The third-order valence-corrected chi connectivity index (χ3v) is 7.45. The Labute approximate surface area is 203 Å². The van der Waals surface area contributed by atoms with E-state index in [1.165, 1.54) is 35.6 Å². The summed E-state index contributed by atoms with van der Waals surface area (Å²) in [6.07, 6.45) is 0.322. The van der Waals surface area contributed by atoms with Crippen LogP contribution in [0.3, 0.4) is 0 Å². The number of hydrogen-bond acceptors (Lipinski definition) is 8. The number of aryl methyl sites for hydroxylation is 3. The van der Waals surface area contributed by atoms with E-state index < -0.39 is 15.9 Å². The van der Waals surface area contributed by atoms with E-state index in [-0.39, 0.29) is 17.1 Å². The van der Waals surface area contributed by atoms with Crippen molar-refractivity contribution in [3.63, 3.8) is 0 Å². The molecule has 2 heterocycles. The minimum atomic E-state index is -3.73. The topological polar surface area (TPSA) is 131 Å². The zero-order chi connectivity index (χ0) is 25.2. The molecule has 11 heteroatoms. The second-order valence-corrected chi connectivity index (χ2v) is 10.2. The fourth-order valence-corrected chi connectivity index (χ4v) is 4.49. The molecule has 0 aliphatic carbocycles. The number of carbonyl (C=O) groups excluding carboxylic acids is 1. The van der Waals surface area contributed by atoms with Crippen LogP contribution >= 0.6 is 0 Å². The van der Waals surface area contributed by atoms with Gasteiger partial charge in [-0.2, -0.15) is 4.98 Å². The van der Waals surface area contributed by atoms with Crippen LogP contribution in [0.5, 0.6) is 0 Å².